The molecule has 2 bridgehead atoms. The molecule has 1 aromatic rings. The summed E-state index contributed by atoms with van der Waals surface area (Å²) < 4.78 is 35.0. The highest BCUT2D eigenvalue weighted by Gasteiger charge is 2.49. The van der Waals surface area contributed by atoms with E-state index >= 15 is 0 Å². The van der Waals surface area contributed by atoms with Gasteiger partial charge in [0, 0.05) is 19.1 Å². The fourth-order valence-electron chi connectivity index (χ4n) is 3.90. The Labute approximate surface area is 166 Å². The predicted octanol–water partition coefficient (Wildman–Crippen LogP) is -1.77. The molecule has 4 atom stereocenters. The van der Waals surface area contributed by atoms with Crippen LogP contribution in [0.5, 0.6) is 0 Å². The molecule has 4 rings (SSSR count). The Kier molecular flexibility index (Phi) is 5.39. The molecule has 29 heavy (non-hydrogen) atoms. The van der Waals surface area contributed by atoms with E-state index < -0.39 is 34.4 Å². The molecule has 3 fully saturated rings. The van der Waals surface area contributed by atoms with Gasteiger partial charge >= 0.3 is 16.4 Å². The Bertz CT molecular complexity index is 864. The van der Waals surface area contributed by atoms with E-state index in [4.69, 9.17) is 9.39 Å². The van der Waals surface area contributed by atoms with E-state index in [1.807, 2.05) is 0 Å². The van der Waals surface area contributed by atoms with E-state index in [9.17, 15) is 18.0 Å². The number of nitrogens with zero attached hydrogens (tertiary/aromatic N) is 5. The van der Waals surface area contributed by atoms with E-state index in [-0.39, 0.29) is 25.2 Å². The number of urea groups is 1. The fraction of sp³-hybridized carbons (Fsp3) is 0.714. The third-order valence-electron chi connectivity index (χ3n) is 5.22. The molecule has 0 radical (unpaired) electrons. The Morgan fingerprint density at radius 2 is 2.07 bits per heavy atom. The highest BCUT2D eigenvalue weighted by molar-refractivity contribution is 7.80. The van der Waals surface area contributed by atoms with Crippen molar-refractivity contribution in [1.29, 1.82) is 0 Å². The van der Waals surface area contributed by atoms with Crippen LogP contribution in [-0.2, 0) is 24.3 Å². The maximum atomic E-state index is 12.4. The summed E-state index contributed by atoms with van der Waals surface area (Å²) >= 11 is 0. The molecule has 0 unspecified atom stereocenters. The van der Waals surface area contributed by atoms with Crippen molar-refractivity contribution in [3.8, 4) is 0 Å². The van der Waals surface area contributed by atoms with Gasteiger partial charge in [0.1, 0.15) is 6.04 Å². The van der Waals surface area contributed by atoms with Gasteiger partial charge in [-0.25, -0.2) is 10.3 Å². The minimum absolute atomic E-state index is 0.00843. The molecular formula is C14H21N7O7S. The number of hydroxylamine groups is 3. The summed E-state index contributed by atoms with van der Waals surface area (Å²) in [6.45, 7) is 1.03. The predicted molar refractivity (Wildman–Crippen MR) is 92.9 cm³/mol. The van der Waals surface area contributed by atoms with Crippen molar-refractivity contribution in [2.24, 2.45) is 0 Å². The SMILES string of the molecule is O=C(NOC[C@@H]1C[C@@H](n2nccn2)CN1)[C@@H]1CC[C@@H]2CN1C(=O)N2OS(=O)(=O)O. The molecule has 1 aromatic heterocycles. The van der Waals surface area contributed by atoms with Crippen LogP contribution in [0.1, 0.15) is 25.3 Å². The molecule has 3 aliphatic rings. The minimum atomic E-state index is -4.83. The lowest BCUT2D eigenvalue weighted by Gasteiger charge is -2.29. The van der Waals surface area contributed by atoms with E-state index in [1.54, 1.807) is 17.2 Å². The first-order chi connectivity index (χ1) is 13.8. The molecule has 160 valence electrons. The molecule has 0 aliphatic carbocycles. The van der Waals surface area contributed by atoms with Crippen LogP contribution in [0.25, 0.3) is 0 Å². The Morgan fingerprint density at radius 1 is 1.31 bits per heavy atom. The van der Waals surface area contributed by atoms with Gasteiger partial charge in [-0.05, 0) is 19.3 Å². The van der Waals surface area contributed by atoms with Crippen molar-refractivity contribution < 1.29 is 31.7 Å². The van der Waals surface area contributed by atoms with Crippen LogP contribution in [-0.4, -0.2) is 87.7 Å². The number of carbonyl (C=O) groups is 2. The van der Waals surface area contributed by atoms with Crippen molar-refractivity contribution in [2.75, 3.05) is 19.7 Å². The van der Waals surface area contributed by atoms with Crippen molar-refractivity contribution in [2.45, 2.75) is 43.4 Å². The third-order valence-corrected chi connectivity index (χ3v) is 5.57. The number of rotatable bonds is 7. The van der Waals surface area contributed by atoms with Crippen molar-refractivity contribution >= 4 is 22.3 Å². The van der Waals surface area contributed by atoms with Crippen LogP contribution < -0.4 is 10.8 Å². The number of nitrogens with one attached hydrogen (secondary N) is 2. The lowest BCUT2D eigenvalue weighted by atomic mass is 10.0. The first kappa shape index (κ1) is 20.0. The quantitative estimate of drug-likeness (QED) is 0.332. The van der Waals surface area contributed by atoms with Gasteiger partial charge in [-0.1, -0.05) is 0 Å². The molecule has 3 saturated heterocycles. The Balaban J connectivity index is 1.25. The number of hydrogen-bond acceptors (Lipinski definition) is 9. The van der Waals surface area contributed by atoms with Crippen molar-refractivity contribution in [1.82, 2.24) is 35.8 Å². The van der Waals surface area contributed by atoms with Gasteiger partial charge in [-0.15, -0.1) is 4.28 Å². The smallest absolute Gasteiger partial charge is 0.309 e. The van der Waals surface area contributed by atoms with Gasteiger partial charge in [0.2, 0.25) is 0 Å². The lowest BCUT2D eigenvalue weighted by molar-refractivity contribution is -0.139. The summed E-state index contributed by atoms with van der Waals surface area (Å²) in [5, 5.41) is 12.1. The Morgan fingerprint density at radius 3 is 2.79 bits per heavy atom. The van der Waals surface area contributed by atoms with Crippen LogP contribution in [0.3, 0.4) is 0 Å². The zero-order valence-electron chi connectivity index (χ0n) is 15.2. The van der Waals surface area contributed by atoms with Crippen molar-refractivity contribution in [3.63, 3.8) is 0 Å². The molecule has 0 aromatic carbocycles. The summed E-state index contributed by atoms with van der Waals surface area (Å²) in [5.41, 5.74) is 2.36. The van der Waals surface area contributed by atoms with Crippen molar-refractivity contribution in [3.05, 3.63) is 12.4 Å². The second-order valence-corrected chi connectivity index (χ2v) is 8.14. The normalized spacial score (nSPS) is 29.5. The maximum absolute atomic E-state index is 12.4. The highest BCUT2D eigenvalue weighted by atomic mass is 32.3. The zero-order chi connectivity index (χ0) is 20.6. The van der Waals surface area contributed by atoms with E-state index in [0.717, 1.165) is 6.42 Å². The highest BCUT2D eigenvalue weighted by Crippen LogP contribution is 2.30. The van der Waals surface area contributed by atoms with Crippen LogP contribution in [0.2, 0.25) is 0 Å². The van der Waals surface area contributed by atoms with E-state index in [1.165, 1.54) is 4.90 Å². The summed E-state index contributed by atoms with van der Waals surface area (Å²) in [4.78, 5) is 32.9. The number of piperidine rings is 1. The van der Waals surface area contributed by atoms with Gasteiger partial charge < -0.3 is 10.2 Å². The molecule has 15 heteroatoms. The summed E-state index contributed by atoms with van der Waals surface area (Å²) in [6, 6.07) is -2.04. The van der Waals surface area contributed by atoms with Crippen LogP contribution in [0.15, 0.2) is 12.4 Å². The number of amides is 3. The van der Waals surface area contributed by atoms with Gasteiger partial charge in [0.05, 0.1) is 31.1 Å². The van der Waals surface area contributed by atoms with Gasteiger partial charge in [0.25, 0.3) is 5.91 Å². The molecule has 4 heterocycles. The summed E-state index contributed by atoms with van der Waals surface area (Å²) in [7, 11) is -4.83. The minimum Gasteiger partial charge on any atom is -0.309 e. The number of fused-ring (bicyclic) bond motifs is 2. The van der Waals surface area contributed by atoms with Crippen LogP contribution in [0, 0.1) is 0 Å². The first-order valence-electron chi connectivity index (χ1n) is 9.09. The molecular weight excluding hydrogens is 410 g/mol. The van der Waals surface area contributed by atoms with Crippen LogP contribution >= 0.6 is 0 Å². The van der Waals surface area contributed by atoms with E-state index in [2.05, 4.69) is 25.3 Å². The maximum Gasteiger partial charge on any atom is 0.418 e. The molecule has 0 spiro atoms. The average molecular weight is 431 g/mol. The lowest BCUT2D eigenvalue weighted by Crippen LogP contribution is -2.50. The molecule has 3 N–H and O–H groups in total. The molecule has 3 amide bonds. The first-order valence-corrected chi connectivity index (χ1v) is 10.5. The third kappa shape index (κ3) is 4.32. The topological polar surface area (TPSA) is 168 Å². The second kappa shape index (κ2) is 7.83. The monoisotopic (exact) mass is 431 g/mol. The average Bonchev–Trinajstić information content (AvgIpc) is 3.39. The summed E-state index contributed by atoms with van der Waals surface area (Å²) in [6.07, 6.45) is 4.62. The van der Waals surface area contributed by atoms with Crippen LogP contribution in [0.4, 0.5) is 4.79 Å². The Hall–Kier alpha value is -2.33. The molecule has 0 saturated carbocycles. The summed E-state index contributed by atoms with van der Waals surface area (Å²) in [5.74, 6) is -0.506. The van der Waals surface area contributed by atoms with E-state index in [0.29, 0.717) is 24.4 Å². The zero-order valence-corrected chi connectivity index (χ0v) is 16.1. The second-order valence-electron chi connectivity index (χ2n) is 7.13. The van der Waals surface area contributed by atoms with Gasteiger partial charge in [0.15, 0.2) is 0 Å². The fourth-order valence-corrected chi connectivity index (χ4v) is 4.29. The number of hydrogen-bond donors (Lipinski definition) is 3. The van der Waals surface area contributed by atoms with Gasteiger partial charge in [-0.3, -0.25) is 14.2 Å². The molecule has 3 aliphatic heterocycles. The number of carbonyl (C=O) groups excluding carboxylic acids is 2. The largest absolute Gasteiger partial charge is 0.418 e. The van der Waals surface area contributed by atoms with Gasteiger partial charge in [-0.2, -0.15) is 28.5 Å². The number of aromatic nitrogens is 3. The molecule has 14 nitrogen and oxygen atoms in total. The standard InChI is InChI=1S/C14H21N7O7S/c22-13(18-27-8-9-5-11(6-15-9)21-16-3-4-17-21)12-2-1-10-7-19(12)14(23)20(10)28-29(24,25)26/h3-4,9-12,15H,1-2,5-8H2,(H,18,22)(H,24,25,26)/t9-,10+,11+,12-/m0/s1.